The predicted molar refractivity (Wildman–Crippen MR) is 75.9 cm³/mol. The Hall–Kier alpha value is -2.08. The van der Waals surface area contributed by atoms with Crippen molar-refractivity contribution in [1.29, 1.82) is 0 Å². The van der Waals surface area contributed by atoms with Crippen LogP contribution in [-0.2, 0) is 0 Å². The van der Waals surface area contributed by atoms with E-state index in [-0.39, 0.29) is 0 Å². The molecule has 0 fully saturated rings. The highest BCUT2D eigenvalue weighted by atomic mass is 32.1. The van der Waals surface area contributed by atoms with Gasteiger partial charge in [-0.25, -0.2) is 0 Å². The summed E-state index contributed by atoms with van der Waals surface area (Å²) in [4.78, 5) is 4.90. The molecule has 6 heteroatoms. The minimum atomic E-state index is 0.312. The molecule has 19 heavy (non-hydrogen) atoms. The molecule has 0 N–H and O–H groups in total. The fraction of sp³-hybridized carbons (Fsp3) is 0.231. The molecule has 3 aromatic rings. The number of hydrogen-bond donors (Lipinski definition) is 0. The summed E-state index contributed by atoms with van der Waals surface area (Å²) in [5.41, 5.74) is 1.05. The van der Waals surface area contributed by atoms with Crippen molar-refractivity contribution in [2.24, 2.45) is 0 Å². The van der Waals surface area contributed by atoms with E-state index in [0.717, 1.165) is 21.4 Å². The molecule has 0 aliphatic carbocycles. The monoisotopic (exact) mass is 271 g/mol. The first kappa shape index (κ1) is 12.0. The zero-order valence-corrected chi connectivity index (χ0v) is 11.5. The lowest BCUT2D eigenvalue weighted by Gasteiger charge is -1.97. The molecule has 3 rings (SSSR count). The van der Waals surface area contributed by atoms with Gasteiger partial charge in [-0.2, -0.15) is 9.61 Å². The van der Waals surface area contributed by atoms with Gasteiger partial charge >= 0.3 is 0 Å². The van der Waals surface area contributed by atoms with Gasteiger partial charge in [0.25, 0.3) is 0 Å². The predicted octanol–water partition coefficient (Wildman–Crippen LogP) is 2.87. The van der Waals surface area contributed by atoms with Gasteiger partial charge in [-0.3, -0.25) is 4.98 Å². The lowest BCUT2D eigenvalue weighted by molar-refractivity contribution is 0.724. The molecule has 0 radical (unpaired) electrons. The highest BCUT2D eigenvalue weighted by molar-refractivity contribution is 7.17. The summed E-state index contributed by atoms with van der Waals surface area (Å²) in [7, 11) is 0. The summed E-state index contributed by atoms with van der Waals surface area (Å²) in [5, 5.41) is 13.7. The lowest BCUT2D eigenvalue weighted by Crippen LogP contribution is -1.97. The van der Waals surface area contributed by atoms with Gasteiger partial charge in [0, 0.05) is 18.3 Å². The van der Waals surface area contributed by atoms with Gasteiger partial charge in [0.2, 0.25) is 4.96 Å². The van der Waals surface area contributed by atoms with Crippen molar-refractivity contribution in [1.82, 2.24) is 24.8 Å². The molecule has 0 unspecified atom stereocenters. The summed E-state index contributed by atoms with van der Waals surface area (Å²) in [6.07, 6.45) is 7.54. The fourth-order valence-corrected chi connectivity index (χ4v) is 2.46. The molecule has 0 bridgehead atoms. The Morgan fingerprint density at radius 3 is 2.89 bits per heavy atom. The molecule has 0 amide bonds. The summed E-state index contributed by atoms with van der Waals surface area (Å²) in [6.45, 7) is 4.17. The molecular weight excluding hydrogens is 258 g/mol. The molecular formula is C13H13N5S. The van der Waals surface area contributed by atoms with Crippen LogP contribution in [0.2, 0.25) is 0 Å². The van der Waals surface area contributed by atoms with Crippen molar-refractivity contribution in [3.63, 3.8) is 0 Å². The van der Waals surface area contributed by atoms with Crippen molar-refractivity contribution < 1.29 is 0 Å². The van der Waals surface area contributed by atoms with Crippen LogP contribution in [0.4, 0.5) is 0 Å². The van der Waals surface area contributed by atoms with Gasteiger partial charge in [-0.15, -0.1) is 10.2 Å². The van der Waals surface area contributed by atoms with Gasteiger partial charge < -0.3 is 0 Å². The second-order valence-electron chi connectivity index (χ2n) is 4.47. The SMILES string of the molecule is CC(C)c1nnc2sc(/C=C/c3cccnc3)nn12. The Kier molecular flexibility index (Phi) is 3.08. The van der Waals surface area contributed by atoms with Crippen molar-refractivity contribution >= 4 is 28.4 Å². The largest absolute Gasteiger partial charge is 0.264 e. The summed E-state index contributed by atoms with van der Waals surface area (Å²) in [6, 6.07) is 3.92. The first-order valence-electron chi connectivity index (χ1n) is 6.04. The summed E-state index contributed by atoms with van der Waals surface area (Å²) < 4.78 is 1.82. The number of nitrogens with zero attached hydrogens (tertiary/aromatic N) is 5. The van der Waals surface area contributed by atoms with Gasteiger partial charge in [0.15, 0.2) is 5.82 Å². The number of pyridine rings is 1. The second kappa shape index (κ2) is 4.89. The maximum atomic E-state index is 4.51. The molecule has 5 nitrogen and oxygen atoms in total. The highest BCUT2D eigenvalue weighted by Gasteiger charge is 2.12. The summed E-state index contributed by atoms with van der Waals surface area (Å²) in [5.74, 6) is 1.21. The molecule has 0 aromatic carbocycles. The maximum absolute atomic E-state index is 4.51. The van der Waals surface area contributed by atoms with E-state index < -0.39 is 0 Å². The first-order chi connectivity index (χ1) is 9.24. The van der Waals surface area contributed by atoms with Crippen molar-refractivity contribution in [2.75, 3.05) is 0 Å². The molecule has 96 valence electrons. The molecule has 0 atom stereocenters. The van der Waals surface area contributed by atoms with Crippen LogP contribution in [-0.4, -0.2) is 24.8 Å². The smallest absolute Gasteiger partial charge is 0.234 e. The van der Waals surface area contributed by atoms with Crippen LogP contribution in [0.25, 0.3) is 17.1 Å². The van der Waals surface area contributed by atoms with Crippen LogP contribution >= 0.6 is 11.3 Å². The van der Waals surface area contributed by atoms with Crippen LogP contribution in [0.3, 0.4) is 0 Å². The van der Waals surface area contributed by atoms with E-state index in [2.05, 4.69) is 34.1 Å². The Balaban J connectivity index is 1.92. The van der Waals surface area contributed by atoms with Crippen molar-refractivity contribution in [3.8, 4) is 0 Å². The third kappa shape index (κ3) is 2.39. The van der Waals surface area contributed by atoms with Crippen LogP contribution < -0.4 is 0 Å². The van der Waals surface area contributed by atoms with Crippen LogP contribution in [0.1, 0.15) is 36.2 Å². The van der Waals surface area contributed by atoms with Crippen molar-refractivity contribution in [3.05, 3.63) is 40.9 Å². The quantitative estimate of drug-likeness (QED) is 0.735. The van der Waals surface area contributed by atoms with E-state index in [1.165, 1.54) is 11.3 Å². The molecule has 0 saturated carbocycles. The van der Waals surface area contributed by atoms with Crippen LogP contribution in [0, 0.1) is 0 Å². The normalized spacial score (nSPS) is 11.9. The zero-order chi connectivity index (χ0) is 13.2. The Morgan fingerprint density at radius 1 is 1.26 bits per heavy atom. The Bertz CT molecular complexity index is 711. The molecule has 3 heterocycles. The average molecular weight is 271 g/mol. The van der Waals surface area contributed by atoms with Crippen LogP contribution in [0.5, 0.6) is 0 Å². The molecule has 0 aliphatic rings. The van der Waals surface area contributed by atoms with E-state index in [4.69, 9.17) is 0 Å². The topological polar surface area (TPSA) is 56.0 Å². The van der Waals surface area contributed by atoms with E-state index in [9.17, 15) is 0 Å². The number of fused-ring (bicyclic) bond motifs is 1. The number of hydrogen-bond acceptors (Lipinski definition) is 5. The van der Waals surface area contributed by atoms with Gasteiger partial charge in [0.05, 0.1) is 0 Å². The lowest BCUT2D eigenvalue weighted by atomic mass is 10.2. The van der Waals surface area contributed by atoms with E-state index in [1.807, 2.05) is 35.0 Å². The van der Waals surface area contributed by atoms with Gasteiger partial charge in [-0.05, 0) is 17.7 Å². The van der Waals surface area contributed by atoms with E-state index in [1.54, 1.807) is 6.20 Å². The Labute approximate surface area is 114 Å². The van der Waals surface area contributed by atoms with Crippen LogP contribution in [0.15, 0.2) is 24.5 Å². The van der Waals surface area contributed by atoms with Crippen molar-refractivity contribution in [2.45, 2.75) is 19.8 Å². The molecule has 0 spiro atoms. The van der Waals surface area contributed by atoms with E-state index in [0.29, 0.717) is 5.92 Å². The van der Waals surface area contributed by atoms with Gasteiger partial charge in [-0.1, -0.05) is 37.3 Å². The maximum Gasteiger partial charge on any atom is 0.234 e. The fourth-order valence-electron chi connectivity index (χ4n) is 1.72. The molecule has 0 saturated heterocycles. The zero-order valence-electron chi connectivity index (χ0n) is 10.7. The standard InChI is InChI=1S/C13H13N5S/c1-9(2)12-15-16-13-18(12)17-11(19-13)6-5-10-4-3-7-14-8-10/h3-9H,1-2H3/b6-5+. The molecule has 3 aromatic heterocycles. The minimum Gasteiger partial charge on any atom is -0.264 e. The van der Waals surface area contributed by atoms with Gasteiger partial charge in [0.1, 0.15) is 5.01 Å². The second-order valence-corrected chi connectivity index (χ2v) is 5.45. The summed E-state index contributed by atoms with van der Waals surface area (Å²) >= 11 is 1.53. The third-order valence-electron chi connectivity index (χ3n) is 2.65. The number of rotatable bonds is 3. The minimum absolute atomic E-state index is 0.312. The van der Waals surface area contributed by atoms with E-state index >= 15 is 0 Å². The average Bonchev–Trinajstić information content (AvgIpc) is 2.96. The molecule has 0 aliphatic heterocycles. The first-order valence-corrected chi connectivity index (χ1v) is 6.86. The highest BCUT2D eigenvalue weighted by Crippen LogP contribution is 2.19. The third-order valence-corrected chi connectivity index (χ3v) is 3.51. The Morgan fingerprint density at radius 2 is 2.16 bits per heavy atom. The number of aromatic nitrogens is 5.